The van der Waals surface area contributed by atoms with Gasteiger partial charge in [-0.05, 0) is 44.2 Å². The van der Waals surface area contributed by atoms with Gasteiger partial charge in [0, 0.05) is 39.1 Å². The number of piperidine rings is 1. The van der Waals surface area contributed by atoms with E-state index in [4.69, 9.17) is 0 Å². The topological polar surface area (TPSA) is 110 Å². The molecule has 166 valence electrons. The Kier molecular flexibility index (Phi) is 6.80. The number of amides is 1. The van der Waals surface area contributed by atoms with E-state index in [2.05, 4.69) is 10.4 Å². The minimum atomic E-state index is -3.56. The van der Waals surface area contributed by atoms with Crippen LogP contribution in [0.4, 0.5) is 0 Å². The number of hydrogen-bond acceptors (Lipinski definition) is 6. The van der Waals surface area contributed by atoms with E-state index in [0.717, 1.165) is 4.68 Å². The number of hydrogen-bond donors (Lipinski definition) is 1. The van der Waals surface area contributed by atoms with Crippen molar-refractivity contribution in [3.05, 3.63) is 33.8 Å². The van der Waals surface area contributed by atoms with Crippen molar-refractivity contribution in [2.45, 2.75) is 45.2 Å². The van der Waals surface area contributed by atoms with Crippen LogP contribution in [0.5, 0.6) is 0 Å². The molecule has 3 heterocycles. The molecule has 1 atom stereocenters. The quantitative estimate of drug-likeness (QED) is 0.656. The molecule has 0 saturated carbocycles. The van der Waals surface area contributed by atoms with E-state index in [1.54, 1.807) is 0 Å². The first-order valence-electron chi connectivity index (χ1n) is 9.82. The second-order valence-electron chi connectivity index (χ2n) is 7.79. The number of thiophene rings is 1. The summed E-state index contributed by atoms with van der Waals surface area (Å²) >= 11 is 1.39. The lowest BCUT2D eigenvalue weighted by Gasteiger charge is -2.32. The molecular weight excluding hydrogens is 428 g/mol. The van der Waals surface area contributed by atoms with Gasteiger partial charge in [-0.2, -0.15) is 22.1 Å². The highest BCUT2D eigenvalue weighted by molar-refractivity contribution is 7.86. The summed E-state index contributed by atoms with van der Waals surface area (Å²) in [5.74, 6) is -0.0638. The zero-order valence-electron chi connectivity index (χ0n) is 17.6. The molecule has 2 aromatic heterocycles. The summed E-state index contributed by atoms with van der Waals surface area (Å²) in [6.45, 7) is 4.17. The first-order chi connectivity index (χ1) is 14.1. The molecule has 1 unspecified atom stereocenters. The van der Waals surface area contributed by atoms with Crippen LogP contribution >= 0.6 is 11.3 Å². The summed E-state index contributed by atoms with van der Waals surface area (Å²) in [5.41, 5.74) is -0.404. The molecule has 1 aliphatic rings. The van der Waals surface area contributed by atoms with Crippen LogP contribution in [0.3, 0.4) is 0 Å². The lowest BCUT2D eigenvalue weighted by molar-refractivity contribution is -0.122. The van der Waals surface area contributed by atoms with Gasteiger partial charge in [-0.3, -0.25) is 4.79 Å². The fourth-order valence-corrected chi connectivity index (χ4v) is 5.41. The normalized spacial score (nSPS) is 18.3. The summed E-state index contributed by atoms with van der Waals surface area (Å²) in [4.78, 5) is 25.3. The number of nitrogens with one attached hydrogen (secondary N) is 1. The highest BCUT2D eigenvalue weighted by atomic mass is 32.2. The minimum absolute atomic E-state index is 0.0461. The van der Waals surface area contributed by atoms with Crippen LogP contribution in [0.2, 0.25) is 0 Å². The van der Waals surface area contributed by atoms with E-state index >= 15 is 0 Å². The number of rotatable bonds is 7. The number of carbonyl (C=O) groups excluding carboxylic acids is 1. The van der Waals surface area contributed by atoms with Crippen LogP contribution in [0, 0.1) is 0 Å². The molecule has 0 aliphatic carbocycles. The Morgan fingerprint density at radius 3 is 2.73 bits per heavy atom. The molecule has 3 rings (SSSR count). The fraction of sp³-hybridized carbons (Fsp3) is 0.611. The number of carbonyl (C=O) groups is 1. The Morgan fingerprint density at radius 2 is 2.13 bits per heavy atom. The standard InChI is InChI=1S/C18H28N6O4S2/c1-13(2)19-15(25)12-23-18(26)24(16-8-6-10-29-16)17(20-23)14-7-5-9-22(11-14)30(27,28)21(3)4/h6,8,10,13-14H,5,7,9,11-12H2,1-4H3,(H,19,25). The first-order valence-corrected chi connectivity index (χ1v) is 12.1. The molecule has 0 spiro atoms. The SMILES string of the molecule is CC(C)NC(=O)Cn1nc(C2CCCN(S(=O)(=O)N(C)C)C2)n(-c2cccs2)c1=O. The van der Waals surface area contributed by atoms with Crippen molar-refractivity contribution in [1.29, 1.82) is 0 Å². The van der Waals surface area contributed by atoms with Crippen LogP contribution in [-0.4, -0.2) is 70.5 Å². The van der Waals surface area contributed by atoms with E-state index in [0.29, 0.717) is 30.2 Å². The molecule has 1 fully saturated rings. The smallest absolute Gasteiger partial charge is 0.351 e. The van der Waals surface area contributed by atoms with Gasteiger partial charge in [-0.25, -0.2) is 14.0 Å². The molecule has 2 aromatic rings. The Morgan fingerprint density at radius 1 is 1.40 bits per heavy atom. The van der Waals surface area contributed by atoms with E-state index < -0.39 is 15.9 Å². The highest BCUT2D eigenvalue weighted by Gasteiger charge is 2.34. The summed E-state index contributed by atoms with van der Waals surface area (Å²) in [6, 6.07) is 3.60. The third kappa shape index (κ3) is 4.66. The molecule has 0 radical (unpaired) electrons. The van der Waals surface area contributed by atoms with Crippen molar-refractivity contribution in [2.24, 2.45) is 0 Å². The predicted molar refractivity (Wildman–Crippen MR) is 115 cm³/mol. The Hall–Kier alpha value is -2.02. The summed E-state index contributed by atoms with van der Waals surface area (Å²) in [5, 5.41) is 9.79. The van der Waals surface area contributed by atoms with Gasteiger partial charge in [-0.15, -0.1) is 11.3 Å². The summed E-state index contributed by atoms with van der Waals surface area (Å²) in [7, 11) is -0.555. The average molecular weight is 457 g/mol. The van der Waals surface area contributed by atoms with Crippen LogP contribution in [0.25, 0.3) is 5.00 Å². The Balaban J connectivity index is 1.98. The second kappa shape index (κ2) is 9.00. The van der Waals surface area contributed by atoms with E-state index in [1.165, 1.54) is 38.6 Å². The van der Waals surface area contributed by atoms with Gasteiger partial charge >= 0.3 is 5.69 Å². The Labute approximate surface area is 180 Å². The molecular formula is C18H28N6O4S2. The van der Waals surface area contributed by atoms with Crippen LogP contribution < -0.4 is 11.0 Å². The summed E-state index contributed by atoms with van der Waals surface area (Å²) in [6.07, 6.45) is 1.37. The molecule has 10 nitrogen and oxygen atoms in total. The molecule has 1 aliphatic heterocycles. The lowest BCUT2D eigenvalue weighted by atomic mass is 9.99. The second-order valence-corrected chi connectivity index (χ2v) is 10.9. The zero-order chi connectivity index (χ0) is 22.1. The number of aromatic nitrogens is 3. The third-order valence-corrected chi connectivity index (χ3v) is 7.63. The van der Waals surface area contributed by atoms with Gasteiger partial charge in [0.15, 0.2) is 0 Å². The molecule has 1 amide bonds. The van der Waals surface area contributed by atoms with E-state index in [9.17, 15) is 18.0 Å². The van der Waals surface area contributed by atoms with E-state index in [1.807, 2.05) is 31.4 Å². The third-order valence-electron chi connectivity index (χ3n) is 4.87. The van der Waals surface area contributed by atoms with Gasteiger partial charge in [0.2, 0.25) is 5.91 Å². The largest absolute Gasteiger partial charge is 0.352 e. The lowest BCUT2D eigenvalue weighted by Crippen LogP contribution is -2.45. The molecule has 12 heteroatoms. The van der Waals surface area contributed by atoms with Crippen molar-refractivity contribution in [1.82, 2.24) is 28.3 Å². The van der Waals surface area contributed by atoms with Gasteiger partial charge in [0.1, 0.15) is 17.4 Å². The highest BCUT2D eigenvalue weighted by Crippen LogP contribution is 2.29. The Bertz CT molecular complexity index is 1040. The predicted octanol–water partition coefficient (Wildman–Crippen LogP) is 0.606. The molecule has 0 bridgehead atoms. The van der Waals surface area contributed by atoms with Gasteiger partial charge in [-0.1, -0.05) is 0 Å². The maximum absolute atomic E-state index is 13.1. The van der Waals surface area contributed by atoms with Crippen molar-refractivity contribution >= 4 is 27.5 Å². The van der Waals surface area contributed by atoms with Crippen molar-refractivity contribution in [3.8, 4) is 5.00 Å². The van der Waals surface area contributed by atoms with Crippen molar-refractivity contribution in [3.63, 3.8) is 0 Å². The number of nitrogens with zero attached hydrogens (tertiary/aromatic N) is 5. The first kappa shape index (κ1) is 22.7. The van der Waals surface area contributed by atoms with Gasteiger partial charge in [0.05, 0.1) is 0 Å². The maximum atomic E-state index is 13.1. The van der Waals surface area contributed by atoms with Gasteiger partial charge < -0.3 is 5.32 Å². The monoisotopic (exact) mass is 456 g/mol. The molecule has 1 N–H and O–H groups in total. The molecule has 1 saturated heterocycles. The van der Waals surface area contributed by atoms with Crippen molar-refractivity contribution in [2.75, 3.05) is 27.2 Å². The van der Waals surface area contributed by atoms with Crippen LogP contribution in [-0.2, 0) is 21.5 Å². The fourth-order valence-electron chi connectivity index (χ4n) is 3.49. The maximum Gasteiger partial charge on any atom is 0.351 e. The van der Waals surface area contributed by atoms with Gasteiger partial charge in [0.25, 0.3) is 10.2 Å². The minimum Gasteiger partial charge on any atom is -0.352 e. The summed E-state index contributed by atoms with van der Waals surface area (Å²) < 4.78 is 30.5. The molecule has 30 heavy (non-hydrogen) atoms. The van der Waals surface area contributed by atoms with E-state index in [-0.39, 0.29) is 31.0 Å². The van der Waals surface area contributed by atoms with Crippen LogP contribution in [0.15, 0.2) is 22.3 Å². The van der Waals surface area contributed by atoms with Crippen molar-refractivity contribution < 1.29 is 13.2 Å². The van der Waals surface area contributed by atoms with Crippen LogP contribution in [0.1, 0.15) is 38.4 Å². The molecule has 0 aromatic carbocycles. The zero-order valence-corrected chi connectivity index (χ0v) is 19.2. The average Bonchev–Trinajstić information content (AvgIpc) is 3.29.